The largest absolute Gasteiger partial charge is 0.417 e. The monoisotopic (exact) mass is 278 g/mol. The Bertz CT molecular complexity index is 578. The molecule has 1 rings (SSSR count). The second-order valence-corrected chi connectivity index (χ2v) is 3.40. The lowest BCUT2D eigenvalue weighted by Gasteiger charge is -2.11. The maximum atomic E-state index is 12.6. The van der Waals surface area contributed by atoms with Crippen molar-refractivity contribution in [2.75, 3.05) is 0 Å². The zero-order valence-electron chi connectivity index (χ0n) is 8.29. The molecule has 0 unspecified atom stereocenters. The number of nitrogens with zero attached hydrogens (tertiary/aromatic N) is 2. The summed E-state index contributed by atoms with van der Waals surface area (Å²) in [6.07, 6.45) is -5.03. The zero-order chi connectivity index (χ0) is 14.1. The van der Waals surface area contributed by atoms with Crippen LogP contribution in [0.5, 0.6) is 0 Å². The Morgan fingerprint density at radius 3 is 2.33 bits per heavy atom. The average Bonchev–Trinajstić information content (AvgIpc) is 2.25. The van der Waals surface area contributed by atoms with Gasteiger partial charge in [0, 0.05) is 12.1 Å². The summed E-state index contributed by atoms with van der Waals surface area (Å²) in [6, 6.07) is 2.00. The van der Waals surface area contributed by atoms with Gasteiger partial charge in [-0.05, 0) is 11.6 Å². The van der Waals surface area contributed by atoms with Crippen LogP contribution in [0, 0.1) is 21.4 Å². The van der Waals surface area contributed by atoms with Gasteiger partial charge in [-0.25, -0.2) is 0 Å². The van der Waals surface area contributed by atoms with Crippen LogP contribution in [0.2, 0.25) is 0 Å². The molecule has 0 heterocycles. The van der Waals surface area contributed by atoms with Crippen molar-refractivity contribution in [1.29, 1.82) is 5.26 Å². The molecule has 0 N–H and O–H groups in total. The lowest BCUT2D eigenvalue weighted by atomic mass is 10.0. The molecule has 94 valence electrons. The summed E-state index contributed by atoms with van der Waals surface area (Å²) in [7, 11) is 0. The predicted molar refractivity (Wildman–Crippen MR) is 53.0 cm³/mol. The highest BCUT2D eigenvalue weighted by atomic mass is 35.5. The number of nitro groups is 1. The summed E-state index contributed by atoms with van der Waals surface area (Å²) < 4.78 is 37.9. The van der Waals surface area contributed by atoms with E-state index in [1.807, 2.05) is 0 Å². The van der Waals surface area contributed by atoms with Gasteiger partial charge in [0.15, 0.2) is 0 Å². The molecule has 0 aliphatic rings. The molecule has 0 bridgehead atoms. The van der Waals surface area contributed by atoms with Gasteiger partial charge >= 0.3 is 6.18 Å². The second kappa shape index (κ2) is 4.62. The minimum atomic E-state index is -5.03. The Labute approximate surface area is 103 Å². The fourth-order valence-corrected chi connectivity index (χ4v) is 1.46. The molecule has 0 spiro atoms. The maximum absolute atomic E-state index is 12.6. The van der Waals surface area contributed by atoms with E-state index in [0.29, 0.717) is 6.07 Å². The molecule has 0 atom stereocenters. The van der Waals surface area contributed by atoms with Crippen molar-refractivity contribution in [1.82, 2.24) is 0 Å². The van der Waals surface area contributed by atoms with Crippen LogP contribution in [-0.4, -0.2) is 10.2 Å². The highest BCUT2D eigenvalue weighted by Gasteiger charge is 2.38. The van der Waals surface area contributed by atoms with E-state index in [-0.39, 0.29) is 6.07 Å². The van der Waals surface area contributed by atoms with E-state index in [4.69, 9.17) is 16.9 Å². The molecule has 0 fully saturated rings. The standard InChI is InChI=1S/C9H2ClF3N2O3/c10-8(16)7-4(3-14)1-5(15(17)18)2-6(7)9(11,12)13/h1-2H. The van der Waals surface area contributed by atoms with E-state index in [1.165, 1.54) is 6.07 Å². The van der Waals surface area contributed by atoms with E-state index in [0.717, 1.165) is 0 Å². The SMILES string of the molecule is N#Cc1cc([N+](=O)[O-])cc(C(F)(F)F)c1C(=O)Cl. The first-order valence-electron chi connectivity index (χ1n) is 4.18. The van der Waals surface area contributed by atoms with Gasteiger partial charge in [0.1, 0.15) is 6.07 Å². The van der Waals surface area contributed by atoms with Crippen LogP contribution in [0.4, 0.5) is 18.9 Å². The van der Waals surface area contributed by atoms with E-state index in [9.17, 15) is 28.1 Å². The molecule has 1 aromatic rings. The van der Waals surface area contributed by atoms with E-state index in [2.05, 4.69) is 0 Å². The lowest BCUT2D eigenvalue weighted by Crippen LogP contribution is -2.13. The van der Waals surface area contributed by atoms with Gasteiger partial charge in [-0.3, -0.25) is 14.9 Å². The molecule has 0 radical (unpaired) electrons. The summed E-state index contributed by atoms with van der Waals surface area (Å²) in [5.41, 5.74) is -4.43. The normalized spacial score (nSPS) is 10.8. The number of hydrogen-bond acceptors (Lipinski definition) is 4. The van der Waals surface area contributed by atoms with Gasteiger partial charge in [-0.1, -0.05) is 0 Å². The first-order valence-corrected chi connectivity index (χ1v) is 4.56. The van der Waals surface area contributed by atoms with Gasteiger partial charge < -0.3 is 0 Å². The van der Waals surface area contributed by atoms with Crippen molar-refractivity contribution in [2.24, 2.45) is 0 Å². The number of nitriles is 1. The average molecular weight is 279 g/mol. The Hall–Kier alpha value is -2.14. The van der Waals surface area contributed by atoms with Crippen molar-refractivity contribution in [3.8, 4) is 6.07 Å². The van der Waals surface area contributed by atoms with Crippen molar-refractivity contribution < 1.29 is 22.9 Å². The second-order valence-electron chi connectivity index (χ2n) is 3.06. The van der Waals surface area contributed by atoms with Crippen molar-refractivity contribution in [2.45, 2.75) is 6.18 Å². The molecule has 0 aliphatic carbocycles. The topological polar surface area (TPSA) is 84.0 Å². The number of carbonyl (C=O) groups is 1. The highest BCUT2D eigenvalue weighted by molar-refractivity contribution is 6.68. The molecule has 0 aromatic heterocycles. The third-order valence-corrected chi connectivity index (χ3v) is 2.15. The van der Waals surface area contributed by atoms with Gasteiger partial charge in [-0.2, -0.15) is 18.4 Å². The molecule has 0 aliphatic heterocycles. The summed E-state index contributed by atoms with van der Waals surface area (Å²) in [6.45, 7) is 0. The van der Waals surface area contributed by atoms with Crippen LogP contribution >= 0.6 is 11.6 Å². The number of rotatable bonds is 2. The minimum Gasteiger partial charge on any atom is -0.276 e. The molecule has 18 heavy (non-hydrogen) atoms. The first kappa shape index (κ1) is 13.9. The Balaban J connectivity index is 3.75. The maximum Gasteiger partial charge on any atom is 0.417 e. The Morgan fingerprint density at radius 1 is 1.44 bits per heavy atom. The van der Waals surface area contributed by atoms with Crippen LogP contribution in [-0.2, 0) is 6.18 Å². The molecule has 0 saturated heterocycles. The molecule has 0 saturated carbocycles. The van der Waals surface area contributed by atoms with Gasteiger partial charge in [0.05, 0.1) is 21.6 Å². The summed E-state index contributed by atoms with van der Waals surface area (Å²) in [4.78, 5) is 20.3. The third-order valence-electron chi connectivity index (χ3n) is 1.96. The predicted octanol–water partition coefficient (Wildman–Crippen LogP) is 2.86. The van der Waals surface area contributed by atoms with Crippen LogP contribution in [0.3, 0.4) is 0 Å². The van der Waals surface area contributed by atoms with Crippen molar-refractivity contribution in [3.05, 3.63) is 38.9 Å². The number of non-ortho nitro benzene ring substituents is 1. The highest BCUT2D eigenvalue weighted by Crippen LogP contribution is 2.36. The van der Waals surface area contributed by atoms with Crippen LogP contribution in [0.1, 0.15) is 21.5 Å². The number of alkyl halides is 3. The van der Waals surface area contributed by atoms with Gasteiger partial charge in [0.2, 0.25) is 0 Å². The van der Waals surface area contributed by atoms with E-state index >= 15 is 0 Å². The van der Waals surface area contributed by atoms with Gasteiger partial charge in [0.25, 0.3) is 10.9 Å². The quantitative estimate of drug-likeness (QED) is 0.473. The number of hydrogen-bond donors (Lipinski definition) is 0. The van der Waals surface area contributed by atoms with Crippen LogP contribution < -0.4 is 0 Å². The number of carbonyl (C=O) groups excluding carboxylic acids is 1. The number of nitro benzene ring substituents is 1. The minimum absolute atomic E-state index is 0.163. The molecular formula is C9H2ClF3N2O3. The number of halogens is 4. The molecule has 9 heteroatoms. The summed E-state index contributed by atoms with van der Waals surface area (Å²) in [5.74, 6) is 0. The fourth-order valence-electron chi connectivity index (χ4n) is 1.26. The Morgan fingerprint density at radius 2 is 2.00 bits per heavy atom. The molecule has 0 amide bonds. The zero-order valence-corrected chi connectivity index (χ0v) is 9.04. The van der Waals surface area contributed by atoms with Gasteiger partial charge in [-0.15, -0.1) is 0 Å². The van der Waals surface area contributed by atoms with Crippen molar-refractivity contribution in [3.63, 3.8) is 0 Å². The van der Waals surface area contributed by atoms with Crippen LogP contribution in [0.25, 0.3) is 0 Å². The third kappa shape index (κ3) is 2.57. The van der Waals surface area contributed by atoms with E-state index < -0.39 is 38.7 Å². The number of benzene rings is 1. The van der Waals surface area contributed by atoms with Crippen molar-refractivity contribution >= 4 is 22.5 Å². The summed E-state index contributed by atoms with van der Waals surface area (Å²) in [5, 5.41) is 17.5. The smallest absolute Gasteiger partial charge is 0.276 e. The molecule has 5 nitrogen and oxygen atoms in total. The molecule has 1 aromatic carbocycles. The van der Waals surface area contributed by atoms with E-state index in [1.54, 1.807) is 0 Å². The fraction of sp³-hybridized carbons (Fsp3) is 0.111. The lowest BCUT2D eigenvalue weighted by molar-refractivity contribution is -0.385. The Kier molecular flexibility index (Phi) is 3.57. The first-order chi connectivity index (χ1) is 8.18. The summed E-state index contributed by atoms with van der Waals surface area (Å²) >= 11 is 4.97. The molecular weight excluding hydrogens is 277 g/mol. The van der Waals surface area contributed by atoms with Crippen LogP contribution in [0.15, 0.2) is 12.1 Å².